The summed E-state index contributed by atoms with van der Waals surface area (Å²) < 4.78 is 5.78. The molecule has 3 rings (SSSR count). The molecular weight excluding hydrogens is 344 g/mol. The number of aliphatic carboxylic acids is 1. The Morgan fingerprint density at radius 1 is 1.32 bits per heavy atom. The summed E-state index contributed by atoms with van der Waals surface area (Å²) >= 11 is 0. The molecule has 0 bridgehead atoms. The van der Waals surface area contributed by atoms with E-state index in [-0.39, 0.29) is 36.3 Å². The third kappa shape index (κ3) is 4.14. The lowest BCUT2D eigenvalue weighted by atomic mass is 10.1. The van der Waals surface area contributed by atoms with Crippen LogP contribution in [-0.2, 0) is 9.59 Å². The van der Waals surface area contributed by atoms with Crippen molar-refractivity contribution in [2.24, 2.45) is 5.92 Å². The van der Waals surface area contributed by atoms with E-state index in [0.717, 1.165) is 11.0 Å². The smallest absolute Gasteiger partial charge is 0.307 e. The van der Waals surface area contributed by atoms with Crippen molar-refractivity contribution in [2.45, 2.75) is 32.4 Å². The van der Waals surface area contributed by atoms with E-state index in [1.165, 1.54) is 0 Å². The molecule has 2 aromatic rings. The van der Waals surface area contributed by atoms with E-state index >= 15 is 0 Å². The topological polar surface area (TPSA) is 82.8 Å². The van der Waals surface area contributed by atoms with Crippen LogP contribution in [0.2, 0.25) is 0 Å². The Hall–Kier alpha value is -2.05. The number of benzene rings is 1. The summed E-state index contributed by atoms with van der Waals surface area (Å²) in [6.45, 7) is 4.74. The predicted molar refractivity (Wildman–Crippen MR) is 96.8 cm³/mol. The van der Waals surface area contributed by atoms with Crippen LogP contribution in [0.1, 0.15) is 32.1 Å². The van der Waals surface area contributed by atoms with Gasteiger partial charge < -0.3 is 14.8 Å². The van der Waals surface area contributed by atoms with Crippen LogP contribution in [0, 0.1) is 5.92 Å². The van der Waals surface area contributed by atoms with Crippen LogP contribution in [0.15, 0.2) is 34.7 Å². The van der Waals surface area contributed by atoms with Gasteiger partial charge in [-0.25, -0.2) is 0 Å². The molecule has 2 N–H and O–H groups in total. The van der Waals surface area contributed by atoms with Crippen LogP contribution in [0.3, 0.4) is 0 Å². The Morgan fingerprint density at radius 2 is 2.04 bits per heavy atom. The van der Waals surface area contributed by atoms with Gasteiger partial charge in [0, 0.05) is 11.9 Å². The summed E-state index contributed by atoms with van der Waals surface area (Å²) in [7, 11) is 0. The molecule has 3 unspecified atom stereocenters. The number of carbonyl (C=O) groups is 2. The molecule has 1 aliphatic rings. The summed E-state index contributed by atoms with van der Waals surface area (Å²) in [5.41, 5.74) is 0.797. The molecule has 1 saturated heterocycles. The van der Waals surface area contributed by atoms with E-state index in [0.29, 0.717) is 25.3 Å². The zero-order valence-electron chi connectivity index (χ0n) is 14.3. The Labute approximate surface area is 152 Å². The lowest BCUT2D eigenvalue weighted by Gasteiger charge is -2.24. The normalized spacial score (nSPS) is 20.0. The maximum atomic E-state index is 12.5. The summed E-state index contributed by atoms with van der Waals surface area (Å²) in [6, 6.07) is 9.04. The quantitative estimate of drug-likeness (QED) is 0.850. The number of nitrogens with zero attached hydrogens (tertiary/aromatic N) is 1. The minimum absolute atomic E-state index is 0. The molecule has 0 saturated carbocycles. The fourth-order valence-electron chi connectivity index (χ4n) is 3.13. The highest BCUT2D eigenvalue weighted by Gasteiger charge is 2.33. The van der Waals surface area contributed by atoms with Gasteiger partial charge in [-0.1, -0.05) is 18.2 Å². The number of halogens is 1. The van der Waals surface area contributed by atoms with Crippen LogP contribution < -0.4 is 5.32 Å². The number of carboxylic acids is 1. The first kappa shape index (κ1) is 19.3. The standard InChI is InChI=1S/C18H22N2O4.ClH/c1-11(16-9-13-5-3-4-6-15(13)24-16)19-17(21)12(2)20-8-7-14(10-20)18(22)23;/h3-6,9,11-12,14H,7-8,10H2,1-2H3,(H,19,21)(H,22,23);1H. The summed E-state index contributed by atoms with van der Waals surface area (Å²) in [6.07, 6.45) is 0.589. The van der Waals surface area contributed by atoms with E-state index in [1.54, 1.807) is 0 Å². The number of nitrogens with one attached hydrogen (secondary N) is 1. The molecule has 7 heteroatoms. The molecule has 1 aromatic heterocycles. The zero-order valence-corrected chi connectivity index (χ0v) is 15.1. The number of rotatable bonds is 5. The van der Waals surface area contributed by atoms with Crippen LogP contribution in [0.4, 0.5) is 0 Å². The molecule has 0 spiro atoms. The Morgan fingerprint density at radius 3 is 2.68 bits per heavy atom. The highest BCUT2D eigenvalue weighted by atomic mass is 35.5. The molecule has 1 fully saturated rings. The minimum Gasteiger partial charge on any atom is -0.481 e. The molecular formula is C18H23ClN2O4. The Kier molecular flexibility index (Phi) is 6.08. The summed E-state index contributed by atoms with van der Waals surface area (Å²) in [5, 5.41) is 13.0. The van der Waals surface area contributed by atoms with Gasteiger partial charge in [-0.15, -0.1) is 12.4 Å². The van der Waals surface area contributed by atoms with E-state index in [1.807, 2.05) is 49.1 Å². The number of likely N-dealkylation sites (tertiary alicyclic amines) is 1. The van der Waals surface area contributed by atoms with Crippen LogP contribution in [0.5, 0.6) is 0 Å². The van der Waals surface area contributed by atoms with Gasteiger partial charge in [0.1, 0.15) is 11.3 Å². The van der Waals surface area contributed by atoms with Crippen molar-refractivity contribution in [3.05, 3.63) is 36.1 Å². The fourth-order valence-corrected chi connectivity index (χ4v) is 3.13. The second-order valence-corrected chi connectivity index (χ2v) is 6.41. The van der Waals surface area contributed by atoms with Gasteiger partial charge in [-0.3, -0.25) is 14.5 Å². The maximum Gasteiger partial charge on any atom is 0.307 e. The van der Waals surface area contributed by atoms with Crippen molar-refractivity contribution in [2.75, 3.05) is 13.1 Å². The van der Waals surface area contributed by atoms with Gasteiger partial charge in [0.15, 0.2) is 0 Å². The average Bonchev–Trinajstić information content (AvgIpc) is 3.20. The van der Waals surface area contributed by atoms with Gasteiger partial charge in [0.05, 0.1) is 18.0 Å². The number of hydrogen-bond donors (Lipinski definition) is 2. The van der Waals surface area contributed by atoms with Crippen LogP contribution in [-0.4, -0.2) is 41.0 Å². The van der Waals surface area contributed by atoms with Gasteiger partial charge >= 0.3 is 5.97 Å². The first-order chi connectivity index (χ1) is 11.5. The number of para-hydroxylation sites is 1. The molecule has 2 heterocycles. The number of carboxylic acid groups (broad SMARTS) is 1. The second kappa shape index (κ2) is 7.89. The van der Waals surface area contributed by atoms with E-state index in [4.69, 9.17) is 9.52 Å². The maximum absolute atomic E-state index is 12.5. The molecule has 136 valence electrons. The summed E-state index contributed by atoms with van der Waals surface area (Å²) in [5.74, 6) is -0.579. The van der Waals surface area contributed by atoms with Crippen LogP contribution in [0.25, 0.3) is 11.0 Å². The predicted octanol–water partition coefficient (Wildman–Crippen LogP) is 2.83. The third-order valence-electron chi connectivity index (χ3n) is 4.73. The van der Waals surface area contributed by atoms with Gasteiger partial charge in [-0.2, -0.15) is 0 Å². The number of furan rings is 1. The van der Waals surface area contributed by atoms with Crippen molar-refractivity contribution < 1.29 is 19.1 Å². The number of amides is 1. The first-order valence-corrected chi connectivity index (χ1v) is 8.21. The molecule has 1 amide bonds. The van der Waals surface area contributed by atoms with E-state index in [9.17, 15) is 9.59 Å². The highest BCUT2D eigenvalue weighted by molar-refractivity contribution is 5.85. The van der Waals surface area contributed by atoms with Crippen molar-refractivity contribution in [3.63, 3.8) is 0 Å². The van der Waals surface area contributed by atoms with Gasteiger partial charge in [0.2, 0.25) is 5.91 Å². The average molecular weight is 367 g/mol. The van der Waals surface area contributed by atoms with Crippen LogP contribution >= 0.6 is 12.4 Å². The lowest BCUT2D eigenvalue weighted by molar-refractivity contribution is -0.141. The van der Waals surface area contributed by atoms with Crippen molar-refractivity contribution in [3.8, 4) is 0 Å². The Balaban J connectivity index is 0.00000225. The van der Waals surface area contributed by atoms with Crippen molar-refractivity contribution in [1.82, 2.24) is 10.2 Å². The number of fused-ring (bicyclic) bond motifs is 1. The minimum atomic E-state index is -0.791. The van der Waals surface area contributed by atoms with E-state index < -0.39 is 5.97 Å². The first-order valence-electron chi connectivity index (χ1n) is 8.21. The van der Waals surface area contributed by atoms with Gasteiger partial charge in [0.25, 0.3) is 0 Å². The molecule has 0 aliphatic carbocycles. The Bertz CT molecular complexity index is 727. The molecule has 25 heavy (non-hydrogen) atoms. The summed E-state index contributed by atoms with van der Waals surface area (Å²) in [4.78, 5) is 25.4. The monoisotopic (exact) mass is 366 g/mol. The zero-order chi connectivity index (χ0) is 17.3. The van der Waals surface area contributed by atoms with Gasteiger partial charge in [-0.05, 0) is 38.9 Å². The molecule has 0 radical (unpaired) electrons. The van der Waals surface area contributed by atoms with Crippen molar-refractivity contribution >= 4 is 35.3 Å². The number of carbonyl (C=O) groups excluding carboxylic acids is 1. The number of hydrogen-bond acceptors (Lipinski definition) is 4. The van der Waals surface area contributed by atoms with E-state index in [2.05, 4.69) is 5.32 Å². The third-order valence-corrected chi connectivity index (χ3v) is 4.73. The molecule has 3 atom stereocenters. The molecule has 1 aromatic carbocycles. The molecule has 6 nitrogen and oxygen atoms in total. The fraction of sp³-hybridized carbons (Fsp3) is 0.444. The lowest BCUT2D eigenvalue weighted by Crippen LogP contribution is -2.45. The second-order valence-electron chi connectivity index (χ2n) is 6.41. The van der Waals surface area contributed by atoms with Crippen molar-refractivity contribution in [1.29, 1.82) is 0 Å². The molecule has 1 aliphatic heterocycles. The largest absolute Gasteiger partial charge is 0.481 e. The SMILES string of the molecule is CC(NC(=O)C(C)N1CCC(C(=O)O)C1)c1cc2ccccc2o1.Cl. The highest BCUT2D eigenvalue weighted by Crippen LogP contribution is 2.24.